The minimum absolute atomic E-state index is 0.117. The van der Waals surface area contributed by atoms with Crippen LogP contribution in [-0.4, -0.2) is 36.6 Å². The standard InChI is InChI=1S/C13H23N5OS/c1-2-3-6-16-12(19)10-11(15)17-13(20-10)18-7-4-9(14)5-8-18/h9H,2-8,14-15H2,1H3,(H,16,19). The summed E-state index contributed by atoms with van der Waals surface area (Å²) in [5.74, 6) is 0.210. The molecule has 6 nitrogen and oxygen atoms in total. The van der Waals surface area contributed by atoms with Crippen LogP contribution in [0.3, 0.4) is 0 Å². The lowest BCUT2D eigenvalue weighted by Crippen LogP contribution is -2.39. The second kappa shape index (κ2) is 6.90. The van der Waals surface area contributed by atoms with Gasteiger partial charge < -0.3 is 21.7 Å². The van der Waals surface area contributed by atoms with Crippen molar-refractivity contribution in [3.8, 4) is 0 Å². The number of hydrogen-bond donors (Lipinski definition) is 3. The largest absolute Gasteiger partial charge is 0.382 e. The van der Waals surface area contributed by atoms with Gasteiger partial charge in [-0.25, -0.2) is 4.98 Å². The van der Waals surface area contributed by atoms with E-state index >= 15 is 0 Å². The zero-order valence-corrected chi connectivity index (χ0v) is 12.7. The molecule has 2 rings (SSSR count). The third-order valence-electron chi connectivity index (χ3n) is 3.47. The molecule has 1 aromatic rings. The van der Waals surface area contributed by atoms with Crippen LogP contribution < -0.4 is 21.7 Å². The number of carbonyl (C=O) groups excluding carboxylic acids is 1. The van der Waals surface area contributed by atoms with Gasteiger partial charge in [0.15, 0.2) is 5.13 Å². The van der Waals surface area contributed by atoms with E-state index in [0.29, 0.717) is 17.2 Å². The summed E-state index contributed by atoms with van der Waals surface area (Å²) < 4.78 is 0. The predicted octanol–water partition coefficient (Wildman–Crippen LogP) is 1.18. The van der Waals surface area contributed by atoms with Crippen LogP contribution in [0.2, 0.25) is 0 Å². The second-order valence-corrected chi connectivity index (χ2v) is 6.12. The van der Waals surface area contributed by atoms with E-state index in [-0.39, 0.29) is 11.9 Å². The molecule has 0 saturated carbocycles. The Labute approximate surface area is 123 Å². The normalized spacial score (nSPS) is 16.4. The van der Waals surface area contributed by atoms with Crippen molar-refractivity contribution in [2.24, 2.45) is 5.73 Å². The first-order valence-corrected chi connectivity index (χ1v) is 7.98. The van der Waals surface area contributed by atoms with Gasteiger partial charge in [-0.2, -0.15) is 0 Å². The zero-order chi connectivity index (χ0) is 14.5. The highest BCUT2D eigenvalue weighted by Crippen LogP contribution is 2.29. The lowest BCUT2D eigenvalue weighted by Gasteiger charge is -2.29. The monoisotopic (exact) mass is 297 g/mol. The fraction of sp³-hybridized carbons (Fsp3) is 0.692. The summed E-state index contributed by atoms with van der Waals surface area (Å²) in [7, 11) is 0. The number of nitrogens with two attached hydrogens (primary N) is 2. The summed E-state index contributed by atoms with van der Waals surface area (Å²) in [5.41, 5.74) is 11.8. The number of aromatic nitrogens is 1. The average Bonchev–Trinajstić information content (AvgIpc) is 2.82. The molecule has 0 unspecified atom stereocenters. The lowest BCUT2D eigenvalue weighted by molar-refractivity contribution is 0.0958. The summed E-state index contributed by atoms with van der Waals surface area (Å²) in [4.78, 5) is 19.0. The van der Waals surface area contributed by atoms with E-state index in [9.17, 15) is 4.79 Å². The Balaban J connectivity index is 2.00. The van der Waals surface area contributed by atoms with Gasteiger partial charge in [-0.05, 0) is 19.3 Å². The Kier molecular flexibility index (Phi) is 5.19. The molecule has 0 radical (unpaired) electrons. The Morgan fingerprint density at radius 3 is 2.85 bits per heavy atom. The van der Waals surface area contributed by atoms with Crippen LogP contribution in [0.4, 0.5) is 10.9 Å². The quantitative estimate of drug-likeness (QED) is 0.709. The SMILES string of the molecule is CCCCNC(=O)c1sc(N2CCC(N)CC2)nc1N. The molecule has 112 valence electrons. The van der Waals surface area contributed by atoms with Gasteiger partial charge in [0, 0.05) is 25.7 Å². The number of hydrogen-bond acceptors (Lipinski definition) is 6. The van der Waals surface area contributed by atoms with Crippen molar-refractivity contribution in [2.45, 2.75) is 38.6 Å². The molecule has 2 heterocycles. The van der Waals surface area contributed by atoms with Gasteiger partial charge >= 0.3 is 0 Å². The third kappa shape index (κ3) is 3.61. The van der Waals surface area contributed by atoms with Gasteiger partial charge in [-0.1, -0.05) is 24.7 Å². The highest BCUT2D eigenvalue weighted by molar-refractivity contribution is 7.18. The van der Waals surface area contributed by atoms with E-state index in [2.05, 4.69) is 22.1 Å². The number of anilines is 2. The summed E-state index contributed by atoms with van der Waals surface area (Å²) >= 11 is 1.37. The molecular formula is C13H23N5OS. The molecule has 7 heteroatoms. The number of amides is 1. The van der Waals surface area contributed by atoms with E-state index in [1.54, 1.807) is 0 Å². The van der Waals surface area contributed by atoms with Crippen molar-refractivity contribution in [1.82, 2.24) is 10.3 Å². The van der Waals surface area contributed by atoms with Crippen LogP contribution in [0.5, 0.6) is 0 Å². The number of nitrogens with zero attached hydrogens (tertiary/aromatic N) is 2. The molecule has 0 atom stereocenters. The fourth-order valence-electron chi connectivity index (χ4n) is 2.17. The van der Waals surface area contributed by atoms with E-state index in [0.717, 1.165) is 43.9 Å². The molecule has 0 bridgehead atoms. The highest BCUT2D eigenvalue weighted by atomic mass is 32.1. The Bertz CT molecular complexity index is 454. The first-order chi connectivity index (χ1) is 9.61. The Morgan fingerprint density at radius 1 is 1.50 bits per heavy atom. The molecule has 1 amide bonds. The smallest absolute Gasteiger partial charge is 0.265 e. The molecule has 1 aliphatic heterocycles. The van der Waals surface area contributed by atoms with Gasteiger partial charge in [-0.15, -0.1) is 0 Å². The summed E-state index contributed by atoms with van der Waals surface area (Å²) in [6.45, 7) is 4.53. The molecule has 1 aliphatic rings. The van der Waals surface area contributed by atoms with E-state index in [4.69, 9.17) is 11.5 Å². The zero-order valence-electron chi connectivity index (χ0n) is 11.9. The first-order valence-electron chi connectivity index (χ1n) is 7.16. The molecule has 0 aliphatic carbocycles. The van der Waals surface area contributed by atoms with Crippen molar-refractivity contribution in [2.75, 3.05) is 30.3 Å². The Morgan fingerprint density at radius 2 is 2.20 bits per heavy atom. The number of thiazole rings is 1. The maximum atomic E-state index is 12.0. The number of rotatable bonds is 5. The van der Waals surface area contributed by atoms with Crippen LogP contribution in [0.1, 0.15) is 42.3 Å². The average molecular weight is 297 g/mol. The number of nitrogens with one attached hydrogen (secondary N) is 1. The van der Waals surface area contributed by atoms with Gasteiger partial charge in [0.1, 0.15) is 10.7 Å². The molecular weight excluding hydrogens is 274 g/mol. The van der Waals surface area contributed by atoms with Gasteiger partial charge in [0.05, 0.1) is 0 Å². The number of piperidine rings is 1. The maximum Gasteiger partial charge on any atom is 0.265 e. The topological polar surface area (TPSA) is 97.3 Å². The maximum absolute atomic E-state index is 12.0. The molecule has 1 aromatic heterocycles. The molecule has 1 saturated heterocycles. The first kappa shape index (κ1) is 15.1. The highest BCUT2D eigenvalue weighted by Gasteiger charge is 2.22. The van der Waals surface area contributed by atoms with Crippen molar-refractivity contribution in [1.29, 1.82) is 0 Å². The van der Waals surface area contributed by atoms with Crippen molar-refractivity contribution >= 4 is 28.2 Å². The molecule has 0 spiro atoms. The van der Waals surface area contributed by atoms with Crippen LogP contribution in [0, 0.1) is 0 Å². The molecule has 1 fully saturated rings. The molecule has 5 N–H and O–H groups in total. The Hall–Kier alpha value is -1.34. The number of unbranched alkanes of at least 4 members (excludes halogenated alkanes) is 1. The summed E-state index contributed by atoms with van der Waals surface area (Å²) in [6.07, 6.45) is 3.94. The van der Waals surface area contributed by atoms with E-state index in [1.165, 1.54) is 11.3 Å². The van der Waals surface area contributed by atoms with Crippen molar-refractivity contribution in [3.63, 3.8) is 0 Å². The van der Waals surface area contributed by atoms with Gasteiger partial charge in [0.2, 0.25) is 0 Å². The van der Waals surface area contributed by atoms with Gasteiger partial charge in [0.25, 0.3) is 5.91 Å². The number of carbonyl (C=O) groups is 1. The van der Waals surface area contributed by atoms with Crippen LogP contribution in [0.15, 0.2) is 0 Å². The minimum atomic E-state index is -0.117. The van der Waals surface area contributed by atoms with Crippen molar-refractivity contribution < 1.29 is 4.79 Å². The van der Waals surface area contributed by atoms with Crippen LogP contribution in [-0.2, 0) is 0 Å². The number of nitrogen functional groups attached to an aromatic ring is 1. The second-order valence-electron chi connectivity index (χ2n) is 5.14. The molecule has 20 heavy (non-hydrogen) atoms. The summed E-state index contributed by atoms with van der Waals surface area (Å²) in [5, 5.41) is 3.71. The van der Waals surface area contributed by atoms with E-state index in [1.807, 2.05) is 0 Å². The fourth-order valence-corrected chi connectivity index (χ4v) is 3.12. The third-order valence-corrected chi connectivity index (χ3v) is 4.61. The van der Waals surface area contributed by atoms with Crippen LogP contribution in [0.25, 0.3) is 0 Å². The van der Waals surface area contributed by atoms with Crippen LogP contribution >= 0.6 is 11.3 Å². The summed E-state index contributed by atoms with van der Waals surface area (Å²) in [6, 6.07) is 0.278. The predicted molar refractivity (Wildman–Crippen MR) is 83.2 cm³/mol. The van der Waals surface area contributed by atoms with Gasteiger partial charge in [-0.3, -0.25) is 4.79 Å². The van der Waals surface area contributed by atoms with Crippen molar-refractivity contribution in [3.05, 3.63) is 4.88 Å². The minimum Gasteiger partial charge on any atom is -0.382 e. The molecule has 0 aromatic carbocycles. The van der Waals surface area contributed by atoms with E-state index < -0.39 is 0 Å². The lowest BCUT2D eigenvalue weighted by atomic mass is 10.1.